The van der Waals surface area contributed by atoms with E-state index in [1.165, 1.54) is 0 Å². The highest BCUT2D eigenvalue weighted by Gasteiger charge is 2.26. The molecule has 0 aliphatic carbocycles. The number of benzene rings is 1. The number of nitrogens with zero attached hydrogens (tertiary/aromatic N) is 2. The number of methoxy groups -OCH3 is 1. The van der Waals surface area contributed by atoms with Gasteiger partial charge in [0.25, 0.3) is 0 Å². The fraction of sp³-hybridized carbons (Fsp3) is 0.412. The second-order valence-electron chi connectivity index (χ2n) is 5.65. The minimum atomic E-state index is -0.149. The standard InChI is InChI=1S/C17H21N3O3S/c1-20-7-5-19-17(20)24-8-6-18-16(21)13-9-12-3-4-14(22-2)10-15(12)23-11-13/h3-5,7,10,13H,6,8-9,11H2,1-2H3,(H,18,21)/t13-/m0/s1. The number of carbonyl (C=O) groups is 1. The molecule has 2 heterocycles. The summed E-state index contributed by atoms with van der Waals surface area (Å²) in [7, 11) is 3.59. The molecular weight excluding hydrogens is 326 g/mol. The van der Waals surface area contributed by atoms with Gasteiger partial charge in [0.15, 0.2) is 5.16 Å². The summed E-state index contributed by atoms with van der Waals surface area (Å²) in [5.41, 5.74) is 1.05. The van der Waals surface area contributed by atoms with E-state index in [1.807, 2.05) is 36.0 Å². The number of fused-ring (bicyclic) bond motifs is 1. The first-order valence-electron chi connectivity index (χ1n) is 7.85. The highest BCUT2D eigenvalue weighted by atomic mass is 32.2. The molecule has 0 fully saturated rings. The summed E-state index contributed by atoms with van der Waals surface area (Å²) < 4.78 is 12.9. The number of hydrogen-bond donors (Lipinski definition) is 1. The van der Waals surface area contributed by atoms with Crippen LogP contribution in [0.5, 0.6) is 11.5 Å². The van der Waals surface area contributed by atoms with Crippen molar-refractivity contribution in [1.29, 1.82) is 0 Å². The molecule has 128 valence electrons. The molecule has 0 saturated heterocycles. The lowest BCUT2D eigenvalue weighted by molar-refractivity contribution is -0.126. The maximum absolute atomic E-state index is 12.3. The molecule has 0 radical (unpaired) electrons. The van der Waals surface area contributed by atoms with Gasteiger partial charge in [0.2, 0.25) is 5.91 Å². The Balaban J connectivity index is 1.46. The molecule has 0 unspecified atom stereocenters. The minimum absolute atomic E-state index is 0.0388. The predicted molar refractivity (Wildman–Crippen MR) is 92.6 cm³/mol. The quantitative estimate of drug-likeness (QED) is 0.638. The summed E-state index contributed by atoms with van der Waals surface area (Å²) >= 11 is 1.63. The third-order valence-electron chi connectivity index (χ3n) is 3.96. The Morgan fingerprint density at radius 1 is 1.54 bits per heavy atom. The zero-order chi connectivity index (χ0) is 16.9. The first-order chi connectivity index (χ1) is 11.7. The van der Waals surface area contributed by atoms with Gasteiger partial charge in [0, 0.05) is 37.8 Å². The van der Waals surface area contributed by atoms with Crippen LogP contribution in [0.3, 0.4) is 0 Å². The van der Waals surface area contributed by atoms with Gasteiger partial charge in [-0.1, -0.05) is 17.8 Å². The molecule has 6 nitrogen and oxygen atoms in total. The van der Waals surface area contributed by atoms with Crippen molar-refractivity contribution in [3.8, 4) is 11.5 Å². The van der Waals surface area contributed by atoms with Crippen molar-refractivity contribution in [1.82, 2.24) is 14.9 Å². The Morgan fingerprint density at radius 2 is 2.42 bits per heavy atom. The number of aryl methyl sites for hydroxylation is 1. The molecule has 0 spiro atoms. The number of amides is 1. The molecule has 1 N–H and O–H groups in total. The molecular formula is C17H21N3O3S. The third-order valence-corrected chi connectivity index (χ3v) is 5.02. The molecule has 1 aliphatic rings. The van der Waals surface area contributed by atoms with Crippen molar-refractivity contribution in [2.75, 3.05) is 26.0 Å². The molecule has 1 aromatic heterocycles. The smallest absolute Gasteiger partial charge is 0.226 e. The van der Waals surface area contributed by atoms with Crippen LogP contribution in [-0.2, 0) is 18.3 Å². The van der Waals surface area contributed by atoms with Crippen molar-refractivity contribution in [3.63, 3.8) is 0 Å². The zero-order valence-electron chi connectivity index (χ0n) is 13.8. The average molecular weight is 347 g/mol. The molecule has 3 rings (SSSR count). The van der Waals surface area contributed by atoms with E-state index in [0.29, 0.717) is 19.6 Å². The lowest BCUT2D eigenvalue weighted by atomic mass is 9.96. The van der Waals surface area contributed by atoms with Crippen LogP contribution in [0.25, 0.3) is 0 Å². The monoisotopic (exact) mass is 347 g/mol. The van der Waals surface area contributed by atoms with Gasteiger partial charge in [-0.15, -0.1) is 0 Å². The Hall–Kier alpha value is -2.15. The number of rotatable bonds is 6. The summed E-state index contributed by atoms with van der Waals surface area (Å²) in [4.78, 5) is 16.6. The van der Waals surface area contributed by atoms with Crippen LogP contribution in [0.1, 0.15) is 5.56 Å². The van der Waals surface area contributed by atoms with Gasteiger partial charge in [-0.2, -0.15) is 0 Å². The Labute approximate surface area is 145 Å². The van der Waals surface area contributed by atoms with Crippen molar-refractivity contribution in [2.45, 2.75) is 11.6 Å². The highest BCUT2D eigenvalue weighted by Crippen LogP contribution is 2.31. The Bertz CT molecular complexity index is 717. The van der Waals surface area contributed by atoms with E-state index in [1.54, 1.807) is 25.1 Å². The predicted octanol–water partition coefficient (Wildman–Crippen LogP) is 1.89. The van der Waals surface area contributed by atoms with Gasteiger partial charge in [0.05, 0.1) is 13.0 Å². The van der Waals surface area contributed by atoms with E-state index in [2.05, 4.69) is 10.3 Å². The summed E-state index contributed by atoms with van der Waals surface area (Å²) in [6.45, 7) is 1.01. The van der Waals surface area contributed by atoms with Crippen LogP contribution in [-0.4, -0.2) is 41.5 Å². The molecule has 0 saturated carbocycles. The van der Waals surface area contributed by atoms with Gasteiger partial charge < -0.3 is 19.4 Å². The fourth-order valence-electron chi connectivity index (χ4n) is 2.60. The number of imidazole rings is 1. The number of thioether (sulfide) groups is 1. The number of hydrogen-bond acceptors (Lipinski definition) is 5. The molecule has 1 amide bonds. The van der Waals surface area contributed by atoms with Gasteiger partial charge in [-0.3, -0.25) is 4.79 Å². The molecule has 0 bridgehead atoms. The SMILES string of the molecule is COc1ccc2c(c1)OC[C@@H](C(=O)NCCSc1nccn1C)C2. The van der Waals surface area contributed by atoms with Crippen molar-refractivity contribution < 1.29 is 14.3 Å². The molecule has 7 heteroatoms. The number of aromatic nitrogens is 2. The molecule has 2 aromatic rings. The van der Waals surface area contributed by atoms with Crippen LogP contribution < -0.4 is 14.8 Å². The summed E-state index contributed by atoms with van der Waals surface area (Å²) in [5.74, 6) is 2.26. The maximum Gasteiger partial charge on any atom is 0.226 e. The van der Waals surface area contributed by atoms with E-state index in [-0.39, 0.29) is 11.8 Å². The van der Waals surface area contributed by atoms with Gasteiger partial charge in [0.1, 0.15) is 18.1 Å². The topological polar surface area (TPSA) is 65.4 Å². The Kier molecular flexibility index (Phi) is 5.30. The van der Waals surface area contributed by atoms with Crippen molar-refractivity contribution in [2.24, 2.45) is 13.0 Å². The van der Waals surface area contributed by atoms with Gasteiger partial charge in [-0.05, 0) is 18.1 Å². The number of ether oxygens (including phenoxy) is 2. The maximum atomic E-state index is 12.3. The van der Waals surface area contributed by atoms with Crippen molar-refractivity contribution in [3.05, 3.63) is 36.2 Å². The first-order valence-corrected chi connectivity index (χ1v) is 8.83. The third kappa shape index (κ3) is 3.84. The minimum Gasteiger partial charge on any atom is -0.497 e. The van der Waals surface area contributed by atoms with E-state index < -0.39 is 0 Å². The molecule has 1 aliphatic heterocycles. The second kappa shape index (κ2) is 7.61. The fourth-order valence-corrected chi connectivity index (χ4v) is 3.39. The summed E-state index contributed by atoms with van der Waals surface area (Å²) in [6.07, 6.45) is 4.37. The Morgan fingerprint density at radius 3 is 3.17 bits per heavy atom. The largest absolute Gasteiger partial charge is 0.497 e. The average Bonchev–Trinajstić information content (AvgIpc) is 3.02. The van der Waals surface area contributed by atoms with Crippen LogP contribution >= 0.6 is 11.8 Å². The number of carbonyl (C=O) groups excluding carboxylic acids is 1. The van der Waals surface area contributed by atoms with Crippen molar-refractivity contribution >= 4 is 17.7 Å². The van der Waals surface area contributed by atoms with E-state index in [9.17, 15) is 4.79 Å². The summed E-state index contributed by atoms with van der Waals surface area (Å²) in [6, 6.07) is 5.73. The first kappa shape index (κ1) is 16.7. The normalized spacial score (nSPS) is 16.2. The van der Waals surface area contributed by atoms with Gasteiger partial charge >= 0.3 is 0 Å². The van der Waals surface area contributed by atoms with Crippen LogP contribution in [0.2, 0.25) is 0 Å². The second-order valence-corrected chi connectivity index (χ2v) is 6.71. The molecule has 1 atom stereocenters. The molecule has 24 heavy (non-hydrogen) atoms. The lowest BCUT2D eigenvalue weighted by Gasteiger charge is -2.25. The molecule has 1 aromatic carbocycles. The van der Waals surface area contributed by atoms with Crippen LogP contribution in [0, 0.1) is 5.92 Å². The summed E-state index contributed by atoms with van der Waals surface area (Å²) in [5, 5.41) is 3.94. The van der Waals surface area contributed by atoms with E-state index in [0.717, 1.165) is 28.0 Å². The number of nitrogens with one attached hydrogen (secondary N) is 1. The van der Waals surface area contributed by atoms with Crippen LogP contribution in [0.15, 0.2) is 35.7 Å². The zero-order valence-corrected chi connectivity index (χ0v) is 14.6. The van der Waals surface area contributed by atoms with Gasteiger partial charge in [-0.25, -0.2) is 4.98 Å². The van der Waals surface area contributed by atoms with E-state index in [4.69, 9.17) is 9.47 Å². The highest BCUT2D eigenvalue weighted by molar-refractivity contribution is 7.99. The lowest BCUT2D eigenvalue weighted by Crippen LogP contribution is -2.38. The van der Waals surface area contributed by atoms with E-state index >= 15 is 0 Å². The van der Waals surface area contributed by atoms with Crippen LogP contribution in [0.4, 0.5) is 0 Å².